The zero-order valence-electron chi connectivity index (χ0n) is 13.2. The monoisotopic (exact) mass is 281 g/mol. The van der Waals surface area contributed by atoms with Gasteiger partial charge in [-0.25, -0.2) is 4.39 Å². The minimum absolute atomic E-state index is 0.166. The summed E-state index contributed by atoms with van der Waals surface area (Å²) < 4.78 is 19.5. The molecule has 114 valence electrons. The molecule has 0 aliphatic carbocycles. The quantitative estimate of drug-likeness (QED) is 0.662. The first kappa shape index (κ1) is 17.0. The topological polar surface area (TPSA) is 21.3 Å². The van der Waals surface area contributed by atoms with Crippen LogP contribution in [0.1, 0.15) is 58.6 Å². The van der Waals surface area contributed by atoms with Gasteiger partial charge >= 0.3 is 0 Å². The highest BCUT2D eigenvalue weighted by molar-refractivity contribution is 5.30. The van der Waals surface area contributed by atoms with Crippen LogP contribution in [-0.4, -0.2) is 13.2 Å². The van der Waals surface area contributed by atoms with E-state index < -0.39 is 0 Å². The van der Waals surface area contributed by atoms with E-state index in [1.165, 1.54) is 0 Å². The molecule has 0 spiro atoms. The van der Waals surface area contributed by atoms with Crippen molar-refractivity contribution in [2.45, 2.75) is 53.0 Å². The van der Waals surface area contributed by atoms with E-state index >= 15 is 0 Å². The molecule has 0 aromatic heterocycles. The van der Waals surface area contributed by atoms with Gasteiger partial charge in [-0.15, -0.1) is 0 Å². The first-order valence-electron chi connectivity index (χ1n) is 7.70. The predicted molar refractivity (Wildman–Crippen MR) is 82.7 cm³/mol. The van der Waals surface area contributed by atoms with Gasteiger partial charge in [0.05, 0.1) is 6.61 Å². The number of nitrogens with one attached hydrogen (secondary N) is 1. The zero-order valence-corrected chi connectivity index (χ0v) is 13.2. The van der Waals surface area contributed by atoms with Crippen molar-refractivity contribution in [2.24, 2.45) is 5.92 Å². The summed E-state index contributed by atoms with van der Waals surface area (Å²) in [5.74, 6) is 0.758. The smallest absolute Gasteiger partial charge is 0.165 e. The summed E-state index contributed by atoms with van der Waals surface area (Å²) in [6, 6.07) is 5.42. The van der Waals surface area contributed by atoms with Gasteiger partial charge in [0.2, 0.25) is 0 Å². The molecule has 2 nitrogen and oxygen atoms in total. The van der Waals surface area contributed by atoms with Crippen molar-refractivity contribution < 1.29 is 9.13 Å². The third kappa shape index (κ3) is 5.91. The van der Waals surface area contributed by atoms with Crippen LogP contribution >= 0.6 is 0 Å². The Morgan fingerprint density at radius 3 is 2.60 bits per heavy atom. The standard InChI is InChI=1S/C17H28FNO/c1-5-10-19-14(4)15-8-9-17(16(18)12-15)20-11-6-7-13(2)3/h8-9,12-14,19H,5-7,10-11H2,1-4H3. The van der Waals surface area contributed by atoms with Gasteiger partial charge < -0.3 is 10.1 Å². The fraction of sp³-hybridized carbons (Fsp3) is 0.647. The lowest BCUT2D eigenvalue weighted by Crippen LogP contribution is -2.19. The van der Waals surface area contributed by atoms with E-state index in [1.54, 1.807) is 12.1 Å². The number of hydrogen-bond donors (Lipinski definition) is 1. The van der Waals surface area contributed by atoms with E-state index in [4.69, 9.17) is 4.74 Å². The molecule has 0 bridgehead atoms. The Bertz CT molecular complexity index is 393. The molecule has 0 amide bonds. The second kappa shape index (κ2) is 8.96. The van der Waals surface area contributed by atoms with E-state index in [2.05, 4.69) is 26.1 Å². The Hall–Kier alpha value is -1.09. The maximum Gasteiger partial charge on any atom is 0.165 e. The van der Waals surface area contributed by atoms with Crippen molar-refractivity contribution in [2.75, 3.05) is 13.2 Å². The van der Waals surface area contributed by atoms with Gasteiger partial charge in [0, 0.05) is 6.04 Å². The average molecular weight is 281 g/mol. The summed E-state index contributed by atoms with van der Waals surface area (Å²) in [4.78, 5) is 0. The Kier molecular flexibility index (Phi) is 7.60. The van der Waals surface area contributed by atoms with Crippen LogP contribution in [-0.2, 0) is 0 Å². The summed E-state index contributed by atoms with van der Waals surface area (Å²) in [5, 5.41) is 3.35. The summed E-state index contributed by atoms with van der Waals surface area (Å²) in [5.41, 5.74) is 0.963. The molecule has 0 fully saturated rings. The fourth-order valence-electron chi connectivity index (χ4n) is 2.06. The molecule has 0 aliphatic rings. The molecule has 1 unspecified atom stereocenters. The van der Waals surface area contributed by atoms with Crippen molar-refractivity contribution in [3.05, 3.63) is 29.6 Å². The van der Waals surface area contributed by atoms with Crippen molar-refractivity contribution in [1.29, 1.82) is 0 Å². The van der Waals surface area contributed by atoms with Crippen LogP contribution in [0.3, 0.4) is 0 Å². The largest absolute Gasteiger partial charge is 0.491 e. The Morgan fingerprint density at radius 1 is 1.25 bits per heavy atom. The number of halogens is 1. The lowest BCUT2D eigenvalue weighted by atomic mass is 10.1. The molecular weight excluding hydrogens is 253 g/mol. The van der Waals surface area contributed by atoms with E-state index in [-0.39, 0.29) is 11.9 Å². The lowest BCUT2D eigenvalue weighted by molar-refractivity contribution is 0.284. The third-order valence-corrected chi connectivity index (χ3v) is 3.34. The van der Waals surface area contributed by atoms with Crippen LogP contribution in [0.15, 0.2) is 18.2 Å². The van der Waals surface area contributed by atoms with Gasteiger partial charge in [-0.3, -0.25) is 0 Å². The third-order valence-electron chi connectivity index (χ3n) is 3.34. The molecular formula is C17H28FNO. The van der Waals surface area contributed by atoms with Crippen molar-refractivity contribution in [3.63, 3.8) is 0 Å². The predicted octanol–water partition coefficient (Wildman–Crippen LogP) is 4.70. The summed E-state index contributed by atoms with van der Waals surface area (Å²) in [7, 11) is 0. The van der Waals surface area contributed by atoms with Crippen LogP contribution in [0.4, 0.5) is 4.39 Å². The van der Waals surface area contributed by atoms with E-state index in [1.807, 2.05) is 13.0 Å². The molecule has 1 aromatic carbocycles. The van der Waals surface area contributed by atoms with E-state index in [9.17, 15) is 4.39 Å². The van der Waals surface area contributed by atoms with Crippen molar-refractivity contribution in [1.82, 2.24) is 5.32 Å². The average Bonchev–Trinajstić information content (AvgIpc) is 2.42. The minimum atomic E-state index is -0.266. The Balaban J connectivity index is 2.50. The highest BCUT2D eigenvalue weighted by atomic mass is 19.1. The first-order valence-corrected chi connectivity index (χ1v) is 7.70. The van der Waals surface area contributed by atoms with Gasteiger partial charge in [-0.2, -0.15) is 0 Å². The molecule has 0 radical (unpaired) electrons. The molecule has 1 rings (SSSR count). The zero-order chi connectivity index (χ0) is 15.0. The Morgan fingerprint density at radius 2 is 2.00 bits per heavy atom. The second-order valence-electron chi connectivity index (χ2n) is 5.75. The van der Waals surface area contributed by atoms with Crippen LogP contribution in [0.2, 0.25) is 0 Å². The summed E-state index contributed by atoms with van der Waals surface area (Å²) in [6.07, 6.45) is 3.15. The molecule has 1 aromatic rings. The molecule has 1 atom stereocenters. The number of benzene rings is 1. The van der Waals surface area contributed by atoms with Gasteiger partial charge in [0.25, 0.3) is 0 Å². The Labute approximate surface area is 122 Å². The number of ether oxygens (including phenoxy) is 1. The summed E-state index contributed by atoms with van der Waals surface area (Å²) in [6.45, 7) is 10.1. The number of rotatable bonds is 9. The van der Waals surface area contributed by atoms with Crippen LogP contribution in [0, 0.1) is 11.7 Å². The maximum absolute atomic E-state index is 14.0. The van der Waals surface area contributed by atoms with Gasteiger partial charge in [-0.1, -0.05) is 26.8 Å². The van der Waals surface area contributed by atoms with E-state index in [0.29, 0.717) is 18.3 Å². The van der Waals surface area contributed by atoms with Gasteiger partial charge in [-0.05, 0) is 56.3 Å². The number of hydrogen-bond acceptors (Lipinski definition) is 2. The van der Waals surface area contributed by atoms with Crippen molar-refractivity contribution in [3.8, 4) is 5.75 Å². The van der Waals surface area contributed by atoms with Crippen LogP contribution in [0.5, 0.6) is 5.75 Å². The normalized spacial score (nSPS) is 12.7. The minimum Gasteiger partial charge on any atom is -0.491 e. The van der Waals surface area contributed by atoms with E-state index in [0.717, 1.165) is 31.4 Å². The lowest BCUT2D eigenvalue weighted by Gasteiger charge is -2.15. The second-order valence-corrected chi connectivity index (χ2v) is 5.75. The fourth-order valence-corrected chi connectivity index (χ4v) is 2.06. The van der Waals surface area contributed by atoms with Gasteiger partial charge in [0.15, 0.2) is 11.6 Å². The molecule has 20 heavy (non-hydrogen) atoms. The summed E-state index contributed by atoms with van der Waals surface area (Å²) >= 11 is 0. The first-order chi connectivity index (χ1) is 9.54. The molecule has 0 heterocycles. The maximum atomic E-state index is 14.0. The molecule has 3 heteroatoms. The van der Waals surface area contributed by atoms with Crippen LogP contribution < -0.4 is 10.1 Å². The molecule has 0 aliphatic heterocycles. The molecule has 0 saturated carbocycles. The molecule has 1 N–H and O–H groups in total. The van der Waals surface area contributed by atoms with Crippen molar-refractivity contribution >= 4 is 0 Å². The van der Waals surface area contributed by atoms with Gasteiger partial charge in [0.1, 0.15) is 0 Å². The van der Waals surface area contributed by atoms with Crippen LogP contribution in [0.25, 0.3) is 0 Å². The highest BCUT2D eigenvalue weighted by Crippen LogP contribution is 2.22. The highest BCUT2D eigenvalue weighted by Gasteiger charge is 2.09. The SMILES string of the molecule is CCCNC(C)c1ccc(OCCCC(C)C)c(F)c1. The molecule has 0 saturated heterocycles.